The Morgan fingerprint density at radius 1 is 1.15 bits per heavy atom. The van der Waals surface area contributed by atoms with Crippen molar-refractivity contribution in [2.24, 2.45) is 0 Å². The van der Waals surface area contributed by atoms with Gasteiger partial charge in [0.2, 0.25) is 0 Å². The summed E-state index contributed by atoms with van der Waals surface area (Å²) in [6.45, 7) is 0.187. The van der Waals surface area contributed by atoms with Crippen molar-refractivity contribution in [2.75, 3.05) is 0 Å². The first kappa shape index (κ1) is 8.76. The summed E-state index contributed by atoms with van der Waals surface area (Å²) in [7, 11) is 0. The highest BCUT2D eigenvalue weighted by molar-refractivity contribution is 5.30. The smallest absolute Gasteiger partial charge is 0.0684 e. The zero-order valence-electron chi connectivity index (χ0n) is 7.87. The summed E-state index contributed by atoms with van der Waals surface area (Å²) in [5.41, 5.74) is 2.50. The van der Waals surface area contributed by atoms with Crippen molar-refractivity contribution in [3.63, 3.8) is 0 Å². The quantitative estimate of drug-likeness (QED) is 0.734. The van der Waals surface area contributed by atoms with Gasteiger partial charge in [-0.25, -0.2) is 0 Å². The van der Waals surface area contributed by atoms with Crippen LogP contribution in [0.1, 0.15) is 42.7 Å². The van der Waals surface area contributed by atoms with Crippen LogP contribution in [0.4, 0.5) is 0 Å². The molecule has 13 heavy (non-hydrogen) atoms. The number of hydrogen-bond acceptors (Lipinski definition) is 1. The lowest BCUT2D eigenvalue weighted by atomic mass is 9.93. The van der Waals surface area contributed by atoms with Crippen LogP contribution in [0, 0.1) is 0 Å². The summed E-state index contributed by atoms with van der Waals surface area (Å²) in [6.07, 6.45) is 5.31. The molecule has 0 bridgehead atoms. The van der Waals surface area contributed by atoms with Gasteiger partial charge in [-0.05, 0) is 29.9 Å². The van der Waals surface area contributed by atoms with Crippen LogP contribution in [-0.2, 0) is 6.61 Å². The third-order valence-corrected chi connectivity index (χ3v) is 3.02. The van der Waals surface area contributed by atoms with Crippen molar-refractivity contribution in [2.45, 2.75) is 38.2 Å². The van der Waals surface area contributed by atoms with Gasteiger partial charge in [-0.3, -0.25) is 0 Å². The van der Waals surface area contributed by atoms with Crippen LogP contribution in [-0.4, -0.2) is 5.11 Å². The maximum atomic E-state index is 9.18. The Hall–Kier alpha value is -0.820. The zero-order valence-corrected chi connectivity index (χ0v) is 7.87. The van der Waals surface area contributed by atoms with Crippen LogP contribution in [0.2, 0.25) is 0 Å². The molecule has 0 radical (unpaired) electrons. The molecule has 70 valence electrons. The molecule has 1 aromatic rings. The van der Waals surface area contributed by atoms with Crippen LogP contribution in [0.5, 0.6) is 0 Å². The van der Waals surface area contributed by atoms with Gasteiger partial charge in [0.25, 0.3) is 0 Å². The van der Waals surface area contributed by atoms with Crippen molar-refractivity contribution >= 4 is 0 Å². The second kappa shape index (κ2) is 3.93. The average Bonchev–Trinajstić information content (AvgIpc) is 2.70. The molecule has 1 nitrogen and oxygen atoms in total. The van der Waals surface area contributed by atoms with E-state index in [1.165, 1.54) is 31.2 Å². The molecule has 0 heterocycles. The second-order valence-corrected chi connectivity index (χ2v) is 3.84. The van der Waals surface area contributed by atoms with Crippen LogP contribution >= 0.6 is 0 Å². The van der Waals surface area contributed by atoms with E-state index in [4.69, 9.17) is 0 Å². The van der Waals surface area contributed by atoms with Crippen molar-refractivity contribution in [3.05, 3.63) is 35.4 Å². The van der Waals surface area contributed by atoms with E-state index in [1.807, 2.05) is 12.1 Å². The molecule has 0 aliphatic heterocycles. The van der Waals surface area contributed by atoms with Crippen molar-refractivity contribution in [3.8, 4) is 0 Å². The third kappa shape index (κ3) is 1.75. The Labute approximate surface area is 79.4 Å². The van der Waals surface area contributed by atoms with E-state index in [0.717, 1.165) is 5.56 Å². The number of aliphatic hydroxyl groups excluding tert-OH is 1. The lowest BCUT2D eigenvalue weighted by Gasteiger charge is -2.13. The molecule has 0 atom stereocenters. The minimum atomic E-state index is 0.187. The molecule has 0 aromatic heterocycles. The van der Waals surface area contributed by atoms with Gasteiger partial charge < -0.3 is 5.11 Å². The van der Waals surface area contributed by atoms with E-state index >= 15 is 0 Å². The van der Waals surface area contributed by atoms with Crippen LogP contribution in [0.25, 0.3) is 0 Å². The lowest BCUT2D eigenvalue weighted by Crippen LogP contribution is -1.98. The number of benzene rings is 1. The average molecular weight is 176 g/mol. The molecule has 1 aliphatic carbocycles. The monoisotopic (exact) mass is 176 g/mol. The van der Waals surface area contributed by atoms with E-state index in [-0.39, 0.29) is 6.61 Å². The SMILES string of the molecule is OCc1ccccc1C1CCCC1. The molecule has 0 amide bonds. The summed E-state index contributed by atoms with van der Waals surface area (Å²) in [4.78, 5) is 0. The molecule has 1 saturated carbocycles. The molecule has 1 aromatic carbocycles. The molecule has 1 fully saturated rings. The summed E-state index contributed by atoms with van der Waals surface area (Å²) in [6, 6.07) is 8.28. The predicted octanol–water partition coefficient (Wildman–Crippen LogP) is 2.84. The standard InChI is InChI=1S/C12H16O/c13-9-11-7-3-4-8-12(11)10-5-1-2-6-10/h3-4,7-8,10,13H,1-2,5-6,9H2. The minimum Gasteiger partial charge on any atom is -0.392 e. The van der Waals surface area contributed by atoms with Crippen molar-refractivity contribution in [1.29, 1.82) is 0 Å². The van der Waals surface area contributed by atoms with Crippen molar-refractivity contribution < 1.29 is 5.11 Å². The Morgan fingerprint density at radius 3 is 2.54 bits per heavy atom. The molecular weight excluding hydrogens is 160 g/mol. The van der Waals surface area contributed by atoms with E-state index in [0.29, 0.717) is 5.92 Å². The fourth-order valence-corrected chi connectivity index (χ4v) is 2.31. The Bertz CT molecular complexity index is 274. The fraction of sp³-hybridized carbons (Fsp3) is 0.500. The van der Waals surface area contributed by atoms with E-state index in [9.17, 15) is 5.11 Å². The first-order valence-corrected chi connectivity index (χ1v) is 5.10. The maximum Gasteiger partial charge on any atom is 0.0684 e. The summed E-state index contributed by atoms with van der Waals surface area (Å²) < 4.78 is 0. The van der Waals surface area contributed by atoms with Crippen LogP contribution < -0.4 is 0 Å². The van der Waals surface area contributed by atoms with E-state index < -0.39 is 0 Å². The largest absolute Gasteiger partial charge is 0.392 e. The summed E-state index contributed by atoms with van der Waals surface area (Å²) >= 11 is 0. The maximum absolute atomic E-state index is 9.18. The highest BCUT2D eigenvalue weighted by Gasteiger charge is 2.18. The van der Waals surface area contributed by atoms with Gasteiger partial charge in [-0.15, -0.1) is 0 Å². The van der Waals surface area contributed by atoms with Crippen molar-refractivity contribution in [1.82, 2.24) is 0 Å². The van der Waals surface area contributed by atoms with Crippen LogP contribution in [0.3, 0.4) is 0 Å². The number of rotatable bonds is 2. The molecule has 0 saturated heterocycles. The van der Waals surface area contributed by atoms with Gasteiger partial charge in [-0.1, -0.05) is 37.1 Å². The first-order valence-electron chi connectivity index (χ1n) is 5.10. The molecule has 1 aliphatic rings. The third-order valence-electron chi connectivity index (χ3n) is 3.02. The molecule has 1 N–H and O–H groups in total. The Kier molecular flexibility index (Phi) is 2.65. The van der Waals surface area contributed by atoms with Gasteiger partial charge in [0.1, 0.15) is 0 Å². The highest BCUT2D eigenvalue weighted by Crippen LogP contribution is 2.35. The van der Waals surface area contributed by atoms with Gasteiger partial charge in [0.15, 0.2) is 0 Å². The van der Waals surface area contributed by atoms with Crippen LogP contribution in [0.15, 0.2) is 24.3 Å². The minimum absolute atomic E-state index is 0.187. The zero-order chi connectivity index (χ0) is 9.10. The lowest BCUT2D eigenvalue weighted by molar-refractivity contribution is 0.280. The first-order chi connectivity index (χ1) is 6.42. The molecule has 2 rings (SSSR count). The van der Waals surface area contributed by atoms with Gasteiger partial charge >= 0.3 is 0 Å². The van der Waals surface area contributed by atoms with Gasteiger partial charge in [0, 0.05) is 0 Å². The summed E-state index contributed by atoms with van der Waals surface area (Å²) in [5.74, 6) is 0.711. The Balaban J connectivity index is 2.26. The number of hydrogen-bond donors (Lipinski definition) is 1. The van der Waals surface area contributed by atoms with Gasteiger partial charge in [0.05, 0.1) is 6.61 Å². The van der Waals surface area contributed by atoms with E-state index in [1.54, 1.807) is 0 Å². The molecular formula is C12H16O. The second-order valence-electron chi connectivity index (χ2n) is 3.84. The molecule has 1 heteroatoms. The topological polar surface area (TPSA) is 20.2 Å². The predicted molar refractivity (Wildman–Crippen MR) is 53.6 cm³/mol. The Morgan fingerprint density at radius 2 is 1.85 bits per heavy atom. The summed E-state index contributed by atoms with van der Waals surface area (Å²) in [5, 5.41) is 9.18. The highest BCUT2D eigenvalue weighted by atomic mass is 16.3. The normalized spacial score (nSPS) is 17.9. The fourth-order valence-electron chi connectivity index (χ4n) is 2.31. The van der Waals surface area contributed by atoms with E-state index in [2.05, 4.69) is 12.1 Å². The number of aliphatic hydroxyl groups is 1. The molecule has 0 spiro atoms. The van der Waals surface area contributed by atoms with Gasteiger partial charge in [-0.2, -0.15) is 0 Å². The molecule has 0 unspecified atom stereocenters.